The van der Waals surface area contributed by atoms with Crippen molar-refractivity contribution in [2.24, 2.45) is 0 Å². The average Bonchev–Trinajstić information content (AvgIpc) is 3.13. The van der Waals surface area contributed by atoms with E-state index in [1.54, 1.807) is 0 Å². The van der Waals surface area contributed by atoms with Crippen LogP contribution < -0.4 is 9.46 Å². The number of nitrogens with one attached hydrogen (secondary N) is 2. The molecule has 0 bridgehead atoms. The summed E-state index contributed by atoms with van der Waals surface area (Å²) in [7, 11) is -4.12. The summed E-state index contributed by atoms with van der Waals surface area (Å²) in [4.78, 5) is 15.3. The number of rotatable bonds is 6. The zero-order chi connectivity index (χ0) is 21.3. The topological polar surface area (TPSA) is 110 Å². The monoisotopic (exact) mass is 483 g/mol. The molecule has 8 nitrogen and oxygen atoms in total. The lowest BCUT2D eigenvalue weighted by atomic mass is 10.3. The number of hydrogen-bond acceptors (Lipinski definition) is 6. The van der Waals surface area contributed by atoms with E-state index in [1.165, 1.54) is 24.4 Å². The van der Waals surface area contributed by atoms with Crippen LogP contribution in [-0.4, -0.2) is 28.4 Å². The quantitative estimate of drug-likeness (QED) is 0.411. The van der Waals surface area contributed by atoms with Gasteiger partial charge in [0.05, 0.1) is 27.3 Å². The molecule has 12 heteroatoms. The maximum Gasteiger partial charge on any atom is 0.264 e. The molecule has 2 heterocycles. The van der Waals surface area contributed by atoms with Crippen LogP contribution in [0, 0.1) is 0 Å². The molecular formula is C18H12Cl3N5O3S. The second-order valence-corrected chi connectivity index (χ2v) is 8.82. The Bertz CT molecular complexity index is 1310. The van der Waals surface area contributed by atoms with Gasteiger partial charge in [-0.1, -0.05) is 53.0 Å². The van der Waals surface area contributed by atoms with E-state index in [2.05, 4.69) is 24.7 Å². The number of sulfonamides is 1. The number of halogens is 3. The van der Waals surface area contributed by atoms with Crippen LogP contribution in [0.1, 0.15) is 5.82 Å². The summed E-state index contributed by atoms with van der Waals surface area (Å²) < 4.78 is 33.5. The molecule has 30 heavy (non-hydrogen) atoms. The molecule has 4 rings (SSSR count). The maximum atomic E-state index is 12.8. The normalized spacial score (nSPS) is 11.6. The van der Waals surface area contributed by atoms with Gasteiger partial charge in [-0.15, -0.1) is 0 Å². The molecule has 0 spiro atoms. The second-order valence-electron chi connectivity index (χ2n) is 5.99. The van der Waals surface area contributed by atoms with Crippen molar-refractivity contribution >= 4 is 61.7 Å². The van der Waals surface area contributed by atoms with Crippen LogP contribution in [0.4, 0.5) is 5.82 Å². The van der Waals surface area contributed by atoms with Crippen molar-refractivity contribution in [3.8, 4) is 5.88 Å². The molecule has 0 fully saturated rings. The van der Waals surface area contributed by atoms with E-state index in [4.69, 9.17) is 39.5 Å². The highest BCUT2D eigenvalue weighted by Gasteiger charge is 2.23. The van der Waals surface area contributed by atoms with Crippen molar-refractivity contribution in [2.75, 3.05) is 4.72 Å². The third-order valence-corrected chi connectivity index (χ3v) is 6.43. The first-order valence-corrected chi connectivity index (χ1v) is 11.0. The van der Waals surface area contributed by atoms with Gasteiger partial charge in [-0.2, -0.15) is 4.98 Å². The highest BCUT2D eigenvalue weighted by atomic mass is 35.5. The third-order valence-electron chi connectivity index (χ3n) is 3.93. The van der Waals surface area contributed by atoms with E-state index < -0.39 is 10.0 Å². The van der Waals surface area contributed by atoms with Crippen molar-refractivity contribution < 1.29 is 13.2 Å². The van der Waals surface area contributed by atoms with Gasteiger partial charge in [-0.3, -0.25) is 4.72 Å². The number of H-pyrrole nitrogens is 1. The molecule has 154 valence electrons. The van der Waals surface area contributed by atoms with Crippen molar-refractivity contribution in [1.82, 2.24) is 19.9 Å². The van der Waals surface area contributed by atoms with Gasteiger partial charge in [0.1, 0.15) is 17.3 Å². The van der Waals surface area contributed by atoms with Gasteiger partial charge in [0.25, 0.3) is 15.9 Å². The predicted octanol–water partition coefficient (Wildman–Crippen LogP) is 4.69. The van der Waals surface area contributed by atoms with Crippen LogP contribution in [0.5, 0.6) is 5.88 Å². The summed E-state index contributed by atoms with van der Waals surface area (Å²) in [5.74, 6) is 0.237. The molecule has 2 N–H and O–H groups in total. The van der Waals surface area contributed by atoms with Crippen LogP contribution in [0.15, 0.2) is 53.6 Å². The van der Waals surface area contributed by atoms with Gasteiger partial charge in [-0.25, -0.2) is 18.4 Å². The van der Waals surface area contributed by atoms with Crippen LogP contribution in [0.2, 0.25) is 15.2 Å². The summed E-state index contributed by atoms with van der Waals surface area (Å²) in [5, 5.41) is 0.0137. The molecule has 0 unspecified atom stereocenters. The number of para-hydroxylation sites is 2. The number of nitrogens with zero attached hydrogens (tertiary/aromatic N) is 3. The number of hydrogen-bond donors (Lipinski definition) is 2. The van der Waals surface area contributed by atoms with E-state index in [9.17, 15) is 8.42 Å². The van der Waals surface area contributed by atoms with Crippen molar-refractivity contribution in [2.45, 2.75) is 11.5 Å². The Balaban J connectivity index is 1.61. The minimum atomic E-state index is -4.12. The highest BCUT2D eigenvalue weighted by molar-refractivity contribution is 7.92. The molecule has 0 atom stereocenters. The zero-order valence-electron chi connectivity index (χ0n) is 14.9. The van der Waals surface area contributed by atoms with E-state index in [0.29, 0.717) is 5.82 Å². The van der Waals surface area contributed by atoms with E-state index in [0.717, 1.165) is 11.0 Å². The molecule has 0 amide bonds. The van der Waals surface area contributed by atoms with Gasteiger partial charge in [0.2, 0.25) is 5.82 Å². The summed E-state index contributed by atoms with van der Waals surface area (Å²) >= 11 is 17.9. The Morgan fingerprint density at radius 2 is 1.83 bits per heavy atom. The summed E-state index contributed by atoms with van der Waals surface area (Å²) in [5.41, 5.74) is 1.61. The highest BCUT2D eigenvalue weighted by Crippen LogP contribution is 2.31. The first kappa shape index (κ1) is 20.7. The number of aromatic amines is 1. The molecule has 0 aliphatic rings. The van der Waals surface area contributed by atoms with Gasteiger partial charge in [-0.05, 0) is 24.3 Å². The molecule has 4 aromatic rings. The van der Waals surface area contributed by atoms with E-state index in [-0.39, 0.29) is 38.4 Å². The SMILES string of the molecule is O=S(=O)(Nc1ncc(Cl)nc1OCc1nc2ccccc2[nH]1)c1cccc(Cl)c1Cl. The minimum Gasteiger partial charge on any atom is -0.467 e. The van der Waals surface area contributed by atoms with Gasteiger partial charge < -0.3 is 9.72 Å². The number of imidazole rings is 1. The van der Waals surface area contributed by atoms with E-state index >= 15 is 0 Å². The Morgan fingerprint density at radius 1 is 1.03 bits per heavy atom. The fraction of sp³-hybridized carbons (Fsp3) is 0.0556. The lowest BCUT2D eigenvalue weighted by molar-refractivity contribution is 0.286. The van der Waals surface area contributed by atoms with Crippen LogP contribution in [-0.2, 0) is 16.6 Å². The fourth-order valence-electron chi connectivity index (χ4n) is 2.61. The Morgan fingerprint density at radius 3 is 2.63 bits per heavy atom. The summed E-state index contributed by atoms with van der Waals surface area (Å²) in [6, 6.07) is 11.7. The number of aromatic nitrogens is 4. The van der Waals surface area contributed by atoms with Crippen LogP contribution in [0.3, 0.4) is 0 Å². The van der Waals surface area contributed by atoms with Crippen LogP contribution in [0.25, 0.3) is 11.0 Å². The Labute approximate surface area is 186 Å². The molecule has 0 saturated carbocycles. The molecule has 2 aromatic carbocycles. The minimum absolute atomic E-state index is 0.0175. The lowest BCUT2D eigenvalue weighted by Gasteiger charge is -2.12. The van der Waals surface area contributed by atoms with Gasteiger partial charge in [0, 0.05) is 0 Å². The molecule has 0 aliphatic heterocycles. The van der Waals surface area contributed by atoms with Crippen molar-refractivity contribution in [3.05, 3.63) is 69.7 Å². The number of benzene rings is 2. The van der Waals surface area contributed by atoms with Gasteiger partial charge >= 0.3 is 0 Å². The zero-order valence-corrected chi connectivity index (χ0v) is 18.0. The molecule has 2 aromatic heterocycles. The number of anilines is 1. The largest absolute Gasteiger partial charge is 0.467 e. The first-order valence-electron chi connectivity index (χ1n) is 8.39. The molecular weight excluding hydrogens is 473 g/mol. The first-order chi connectivity index (χ1) is 14.3. The standard InChI is InChI=1S/C18H12Cl3N5O3S/c19-10-4-3-7-13(16(10)21)30(27,28)26-17-18(25-14(20)8-22-17)29-9-15-23-11-5-1-2-6-12(11)24-15/h1-8H,9H2,(H,22,26)(H,23,24). The summed E-state index contributed by atoms with van der Waals surface area (Å²) in [6.45, 7) is -0.0175. The molecule has 0 radical (unpaired) electrons. The van der Waals surface area contributed by atoms with Gasteiger partial charge in [0.15, 0.2) is 5.15 Å². The smallest absolute Gasteiger partial charge is 0.264 e. The van der Waals surface area contributed by atoms with Crippen molar-refractivity contribution in [3.63, 3.8) is 0 Å². The predicted molar refractivity (Wildman–Crippen MR) is 115 cm³/mol. The maximum absolute atomic E-state index is 12.8. The lowest BCUT2D eigenvalue weighted by Crippen LogP contribution is -2.16. The molecule has 0 saturated heterocycles. The average molecular weight is 485 g/mol. The number of ether oxygens (including phenoxy) is 1. The summed E-state index contributed by atoms with van der Waals surface area (Å²) in [6.07, 6.45) is 1.19. The fourth-order valence-corrected chi connectivity index (χ4v) is 4.50. The number of fused-ring (bicyclic) bond motifs is 1. The van der Waals surface area contributed by atoms with Crippen LogP contribution >= 0.6 is 34.8 Å². The third kappa shape index (κ3) is 4.29. The Kier molecular flexibility index (Phi) is 5.70. The Hall–Kier alpha value is -2.59. The van der Waals surface area contributed by atoms with E-state index in [1.807, 2.05) is 24.3 Å². The second kappa shape index (κ2) is 8.27. The van der Waals surface area contributed by atoms with Crippen molar-refractivity contribution in [1.29, 1.82) is 0 Å². The molecule has 0 aliphatic carbocycles.